The van der Waals surface area contributed by atoms with Gasteiger partial charge in [-0.05, 0) is 43.2 Å². The first-order chi connectivity index (χ1) is 15.4. The Morgan fingerprint density at radius 3 is 2.50 bits per heavy atom. The molecule has 1 unspecified atom stereocenters. The van der Waals surface area contributed by atoms with Crippen LogP contribution in [0.1, 0.15) is 25.0 Å². The van der Waals surface area contributed by atoms with Crippen molar-refractivity contribution in [1.82, 2.24) is 0 Å². The minimum Gasteiger partial charge on any atom is -0.481 e. The molecule has 166 valence electrons. The van der Waals surface area contributed by atoms with E-state index < -0.39 is 30.2 Å². The molecule has 1 N–H and O–H groups in total. The van der Waals surface area contributed by atoms with E-state index in [4.69, 9.17) is 14.6 Å². The zero-order valence-corrected chi connectivity index (χ0v) is 18.6. The number of aliphatic carboxylic acids is 1. The summed E-state index contributed by atoms with van der Waals surface area (Å²) in [6.45, 7) is 3.37. The van der Waals surface area contributed by atoms with Gasteiger partial charge in [-0.1, -0.05) is 49.0 Å². The number of ketones is 1. The molecule has 1 saturated heterocycles. The molecule has 1 fully saturated rings. The van der Waals surface area contributed by atoms with Crippen LogP contribution in [-0.4, -0.2) is 41.1 Å². The van der Waals surface area contributed by atoms with E-state index in [1.165, 1.54) is 0 Å². The minimum absolute atomic E-state index is 0.149. The van der Waals surface area contributed by atoms with Gasteiger partial charge in [0.15, 0.2) is 18.3 Å². The molecule has 0 spiro atoms. The fourth-order valence-electron chi connectivity index (χ4n) is 3.04. The number of ether oxygens (including phenoxy) is 2. The lowest BCUT2D eigenvalue weighted by atomic mass is 10.0. The molecule has 1 heterocycles. The van der Waals surface area contributed by atoms with Crippen LogP contribution in [0.15, 0.2) is 58.4 Å². The number of aliphatic imine (C=N–C) groups is 1. The molecule has 1 aliphatic heterocycles. The number of carboxylic acids is 1. The van der Waals surface area contributed by atoms with Gasteiger partial charge in [0.1, 0.15) is 10.8 Å². The Kier molecular flexibility index (Phi) is 7.83. The molecule has 0 bridgehead atoms. The van der Waals surface area contributed by atoms with Crippen molar-refractivity contribution < 1.29 is 29.0 Å². The number of aryl methyl sites for hydroxylation is 1. The van der Waals surface area contributed by atoms with Crippen molar-refractivity contribution in [3.05, 3.63) is 64.6 Å². The number of rotatable bonds is 8. The normalized spacial score (nSPS) is 18.2. The highest BCUT2D eigenvalue weighted by Gasteiger charge is 2.43. The number of para-hydroxylation sites is 1. The number of nitrogens with zero attached hydrogens (tertiary/aromatic N) is 1. The maximum atomic E-state index is 13.1. The maximum absolute atomic E-state index is 13.1. The van der Waals surface area contributed by atoms with Gasteiger partial charge in [0.05, 0.1) is 17.2 Å². The standard InChI is InChI=1S/C24H23NO6S/c1-3-15-9-11-17(12-10-15)25-23-21(24(29)30-4-2)22(28)19(32-23)13-16-7-5-6-8-18(16)31-14-20(26)27/h5-13,21H,3-4,14H2,1-2H3,(H,26,27)/b19-13-,25-23?. The van der Waals surface area contributed by atoms with Gasteiger partial charge < -0.3 is 14.6 Å². The highest BCUT2D eigenvalue weighted by Crippen LogP contribution is 2.39. The second-order valence-electron chi connectivity index (χ2n) is 6.85. The summed E-state index contributed by atoms with van der Waals surface area (Å²) < 4.78 is 10.4. The molecule has 8 heteroatoms. The topological polar surface area (TPSA) is 102 Å². The average Bonchev–Trinajstić information content (AvgIpc) is 3.08. The average molecular weight is 454 g/mol. The summed E-state index contributed by atoms with van der Waals surface area (Å²) in [5.74, 6) is -2.98. The molecular weight excluding hydrogens is 430 g/mol. The number of hydrogen-bond acceptors (Lipinski definition) is 7. The first-order valence-corrected chi connectivity index (χ1v) is 11.0. The maximum Gasteiger partial charge on any atom is 0.341 e. The Labute approximate surface area is 190 Å². The zero-order chi connectivity index (χ0) is 23.1. The van der Waals surface area contributed by atoms with Crippen molar-refractivity contribution in [3.8, 4) is 5.75 Å². The first kappa shape index (κ1) is 23.3. The number of esters is 1. The Hall–Kier alpha value is -3.39. The number of allylic oxidation sites excluding steroid dienone is 1. The number of carbonyl (C=O) groups is 3. The lowest BCUT2D eigenvalue weighted by molar-refractivity contribution is -0.147. The molecule has 1 aliphatic rings. The van der Waals surface area contributed by atoms with E-state index in [-0.39, 0.29) is 6.61 Å². The largest absolute Gasteiger partial charge is 0.481 e. The predicted octanol–water partition coefficient (Wildman–Crippen LogP) is 4.28. The molecule has 1 atom stereocenters. The Morgan fingerprint density at radius 2 is 1.84 bits per heavy atom. The van der Waals surface area contributed by atoms with Crippen molar-refractivity contribution in [3.63, 3.8) is 0 Å². The number of carboxylic acid groups (broad SMARTS) is 1. The van der Waals surface area contributed by atoms with Gasteiger partial charge in [0.25, 0.3) is 0 Å². The van der Waals surface area contributed by atoms with Gasteiger partial charge in [-0.3, -0.25) is 9.59 Å². The fourth-order valence-corrected chi connectivity index (χ4v) is 4.14. The molecule has 0 radical (unpaired) electrons. The summed E-state index contributed by atoms with van der Waals surface area (Å²) in [7, 11) is 0. The number of carbonyl (C=O) groups excluding carboxylic acids is 2. The summed E-state index contributed by atoms with van der Waals surface area (Å²) in [6, 6.07) is 14.4. The van der Waals surface area contributed by atoms with Crippen LogP contribution in [0.4, 0.5) is 5.69 Å². The second kappa shape index (κ2) is 10.8. The van der Waals surface area contributed by atoms with E-state index in [2.05, 4.69) is 11.9 Å². The Bertz CT molecular complexity index is 1070. The van der Waals surface area contributed by atoms with Gasteiger partial charge >= 0.3 is 11.9 Å². The van der Waals surface area contributed by atoms with Crippen molar-refractivity contribution in [2.75, 3.05) is 13.2 Å². The van der Waals surface area contributed by atoms with Crippen LogP contribution in [0.3, 0.4) is 0 Å². The van der Waals surface area contributed by atoms with Gasteiger partial charge in [-0.25, -0.2) is 9.79 Å². The minimum atomic E-state index is -1.14. The molecule has 3 rings (SSSR count). The third-order valence-electron chi connectivity index (χ3n) is 4.63. The zero-order valence-electron chi connectivity index (χ0n) is 17.7. The van der Waals surface area contributed by atoms with E-state index >= 15 is 0 Å². The van der Waals surface area contributed by atoms with Crippen molar-refractivity contribution in [2.45, 2.75) is 20.3 Å². The molecule has 0 saturated carbocycles. The molecular formula is C24H23NO6S. The van der Waals surface area contributed by atoms with Crippen LogP contribution < -0.4 is 4.74 Å². The summed E-state index contributed by atoms with van der Waals surface area (Å²) >= 11 is 1.10. The molecule has 0 amide bonds. The second-order valence-corrected chi connectivity index (χ2v) is 7.91. The van der Waals surface area contributed by atoms with E-state index in [0.717, 1.165) is 23.7 Å². The van der Waals surface area contributed by atoms with E-state index in [1.54, 1.807) is 37.3 Å². The summed E-state index contributed by atoms with van der Waals surface area (Å²) in [5, 5.41) is 9.22. The molecule has 7 nitrogen and oxygen atoms in total. The summed E-state index contributed by atoms with van der Waals surface area (Å²) in [4.78, 5) is 41.3. The van der Waals surface area contributed by atoms with Gasteiger partial charge in [0, 0.05) is 5.56 Å². The van der Waals surface area contributed by atoms with Crippen molar-refractivity contribution >= 4 is 46.3 Å². The van der Waals surface area contributed by atoms with Gasteiger partial charge in [-0.2, -0.15) is 0 Å². The fraction of sp³-hybridized carbons (Fsp3) is 0.250. The number of hydrogen-bond donors (Lipinski definition) is 1. The Morgan fingerprint density at radius 1 is 1.12 bits per heavy atom. The highest BCUT2D eigenvalue weighted by molar-refractivity contribution is 8.19. The van der Waals surface area contributed by atoms with E-state index in [1.807, 2.05) is 24.3 Å². The molecule has 0 aromatic heterocycles. The van der Waals surface area contributed by atoms with Gasteiger partial charge in [0.2, 0.25) is 0 Å². The smallest absolute Gasteiger partial charge is 0.341 e. The highest BCUT2D eigenvalue weighted by atomic mass is 32.2. The Balaban J connectivity index is 1.96. The van der Waals surface area contributed by atoms with Crippen LogP contribution in [0.2, 0.25) is 0 Å². The van der Waals surface area contributed by atoms with Crippen LogP contribution >= 0.6 is 11.8 Å². The number of benzene rings is 2. The molecule has 2 aromatic rings. The molecule has 2 aromatic carbocycles. The lowest BCUT2D eigenvalue weighted by Gasteiger charge is -2.08. The lowest BCUT2D eigenvalue weighted by Crippen LogP contribution is -2.27. The molecule has 32 heavy (non-hydrogen) atoms. The van der Waals surface area contributed by atoms with E-state index in [9.17, 15) is 14.4 Å². The monoisotopic (exact) mass is 453 g/mol. The third-order valence-corrected chi connectivity index (χ3v) is 5.70. The predicted molar refractivity (Wildman–Crippen MR) is 123 cm³/mol. The SMILES string of the molecule is CCOC(=O)C1C(=O)/C(=C/c2ccccc2OCC(=O)O)SC1=Nc1ccc(CC)cc1. The third kappa shape index (κ3) is 5.64. The van der Waals surface area contributed by atoms with Crippen LogP contribution in [0, 0.1) is 5.92 Å². The van der Waals surface area contributed by atoms with Crippen molar-refractivity contribution in [2.24, 2.45) is 10.9 Å². The van der Waals surface area contributed by atoms with E-state index in [0.29, 0.717) is 26.9 Å². The first-order valence-electron chi connectivity index (χ1n) is 10.1. The van der Waals surface area contributed by atoms with Crippen molar-refractivity contribution in [1.29, 1.82) is 0 Å². The number of Topliss-reactive ketones (excluding diaryl/α,β-unsaturated/α-hetero) is 1. The van der Waals surface area contributed by atoms with Crippen LogP contribution in [0.25, 0.3) is 6.08 Å². The molecule has 0 aliphatic carbocycles. The van der Waals surface area contributed by atoms with Gasteiger partial charge in [-0.15, -0.1) is 0 Å². The quantitative estimate of drug-likeness (QED) is 0.362. The van der Waals surface area contributed by atoms with Crippen LogP contribution in [-0.2, 0) is 25.5 Å². The van der Waals surface area contributed by atoms with Crippen LogP contribution in [0.5, 0.6) is 5.75 Å². The summed E-state index contributed by atoms with van der Waals surface area (Å²) in [5.41, 5.74) is 2.32. The number of thioether (sulfide) groups is 1. The summed E-state index contributed by atoms with van der Waals surface area (Å²) in [6.07, 6.45) is 2.48.